The lowest BCUT2D eigenvalue weighted by Gasteiger charge is -2.29. The van der Waals surface area contributed by atoms with E-state index in [4.69, 9.17) is 18.9 Å². The Bertz CT molecular complexity index is 1450. The summed E-state index contributed by atoms with van der Waals surface area (Å²) in [5, 5.41) is 21.2. The number of nitriles is 1. The second-order valence-electron chi connectivity index (χ2n) is 9.10. The molecule has 0 spiro atoms. The Morgan fingerprint density at radius 1 is 1.05 bits per heavy atom. The van der Waals surface area contributed by atoms with Gasteiger partial charge in [-0.25, -0.2) is 13.1 Å². The number of benzene rings is 2. The van der Waals surface area contributed by atoms with Gasteiger partial charge in [0.05, 0.1) is 42.9 Å². The lowest BCUT2D eigenvalue weighted by atomic mass is 10.1. The van der Waals surface area contributed by atoms with Crippen molar-refractivity contribution < 1.29 is 27.4 Å². The molecule has 4 unspecified atom stereocenters. The molecule has 0 aliphatic carbocycles. The summed E-state index contributed by atoms with van der Waals surface area (Å²) in [4.78, 5) is 2.13. The molecule has 14 heteroatoms. The Hall–Kier alpha value is -3.61. The second-order valence-corrected chi connectivity index (χ2v) is 10.8. The highest BCUT2D eigenvalue weighted by Gasteiger charge is 2.51. The maximum Gasteiger partial charge on any atom is 0.341 e. The average Bonchev–Trinajstić information content (AvgIpc) is 3.67. The Labute approximate surface area is 218 Å². The summed E-state index contributed by atoms with van der Waals surface area (Å²) in [6, 6.07) is 14.7. The van der Waals surface area contributed by atoms with Gasteiger partial charge in [-0.15, -0.1) is 0 Å². The molecule has 2 aromatic carbocycles. The van der Waals surface area contributed by atoms with Crippen LogP contribution in [0.4, 0.5) is 5.69 Å². The van der Waals surface area contributed by atoms with Crippen LogP contribution in [0, 0.1) is 11.3 Å². The van der Waals surface area contributed by atoms with E-state index in [1.807, 2.05) is 30.3 Å². The van der Waals surface area contributed by atoms with Crippen molar-refractivity contribution in [1.29, 1.82) is 5.26 Å². The SMILES string of the molecule is N#Cc1ccccc1S(=O)(=O)NC1COC2C1OCC2n1nnnc1Oc1cccc(N2CCOCC2)c1. The van der Waals surface area contributed by atoms with Gasteiger partial charge in [0.15, 0.2) is 0 Å². The Morgan fingerprint density at radius 3 is 2.71 bits per heavy atom. The molecule has 0 bridgehead atoms. The number of tetrazole rings is 1. The molecule has 198 valence electrons. The molecule has 4 atom stereocenters. The summed E-state index contributed by atoms with van der Waals surface area (Å²) >= 11 is 0. The molecule has 0 saturated carbocycles. The van der Waals surface area contributed by atoms with E-state index in [-0.39, 0.29) is 29.7 Å². The molecule has 0 amide bonds. The van der Waals surface area contributed by atoms with Crippen LogP contribution >= 0.6 is 0 Å². The van der Waals surface area contributed by atoms with Crippen LogP contribution in [-0.2, 0) is 24.2 Å². The van der Waals surface area contributed by atoms with Gasteiger partial charge in [0.1, 0.15) is 30.1 Å². The van der Waals surface area contributed by atoms with Crippen LogP contribution in [0.25, 0.3) is 0 Å². The normalized spacial score (nSPS) is 25.2. The molecule has 38 heavy (non-hydrogen) atoms. The largest absolute Gasteiger partial charge is 0.423 e. The molecule has 1 N–H and O–H groups in total. The van der Waals surface area contributed by atoms with Crippen molar-refractivity contribution in [1.82, 2.24) is 24.9 Å². The summed E-state index contributed by atoms with van der Waals surface area (Å²) in [6.45, 7) is 3.25. The number of morpholine rings is 1. The summed E-state index contributed by atoms with van der Waals surface area (Å²) in [5.41, 5.74) is 1.08. The number of nitrogens with zero attached hydrogens (tertiary/aromatic N) is 6. The predicted molar refractivity (Wildman–Crippen MR) is 131 cm³/mol. The average molecular weight is 540 g/mol. The van der Waals surface area contributed by atoms with Gasteiger partial charge in [-0.3, -0.25) is 0 Å². The molecule has 3 fully saturated rings. The number of fused-ring (bicyclic) bond motifs is 1. The van der Waals surface area contributed by atoms with E-state index in [0.717, 1.165) is 18.8 Å². The number of anilines is 1. The van der Waals surface area contributed by atoms with Crippen molar-refractivity contribution in [2.75, 3.05) is 44.4 Å². The molecule has 0 radical (unpaired) electrons. The van der Waals surface area contributed by atoms with E-state index < -0.39 is 34.3 Å². The van der Waals surface area contributed by atoms with E-state index in [2.05, 4.69) is 25.1 Å². The molecule has 3 aliphatic heterocycles. The van der Waals surface area contributed by atoms with Gasteiger partial charge in [0, 0.05) is 24.8 Å². The zero-order chi connectivity index (χ0) is 26.1. The van der Waals surface area contributed by atoms with Gasteiger partial charge < -0.3 is 23.8 Å². The lowest BCUT2D eigenvalue weighted by molar-refractivity contribution is 0.0615. The first-order valence-electron chi connectivity index (χ1n) is 12.2. The molecule has 13 nitrogen and oxygen atoms in total. The molecule has 1 aromatic heterocycles. The van der Waals surface area contributed by atoms with Gasteiger partial charge in [0.25, 0.3) is 0 Å². The fourth-order valence-corrected chi connectivity index (χ4v) is 6.37. The maximum atomic E-state index is 13.0. The van der Waals surface area contributed by atoms with Crippen molar-refractivity contribution in [3.8, 4) is 17.8 Å². The minimum atomic E-state index is -3.97. The quantitative estimate of drug-likeness (QED) is 0.455. The molecule has 3 aliphatic rings. The van der Waals surface area contributed by atoms with E-state index in [9.17, 15) is 13.7 Å². The Kier molecular flexibility index (Phi) is 6.68. The van der Waals surface area contributed by atoms with Crippen LogP contribution in [0.5, 0.6) is 11.8 Å². The summed E-state index contributed by atoms with van der Waals surface area (Å²) in [7, 11) is -3.97. The standard InChI is InChI=1S/C24H25N7O6S/c25-13-16-4-1-2-7-21(16)38(32,33)27-19-14-35-23-20(15-36-22(19)23)31-24(26-28-29-31)37-18-6-3-5-17(12-18)30-8-10-34-11-9-30/h1-7,12,19-20,22-23,27H,8-11,14-15H2. The molecule has 4 heterocycles. The van der Waals surface area contributed by atoms with E-state index in [1.165, 1.54) is 16.8 Å². The van der Waals surface area contributed by atoms with E-state index in [0.29, 0.717) is 19.0 Å². The highest BCUT2D eigenvalue weighted by atomic mass is 32.2. The first kappa shape index (κ1) is 24.7. The maximum absolute atomic E-state index is 13.0. The van der Waals surface area contributed by atoms with Crippen LogP contribution in [-0.4, -0.2) is 86.4 Å². The third-order valence-electron chi connectivity index (χ3n) is 6.81. The number of rotatable bonds is 7. The topological polar surface area (TPSA) is 154 Å². The first-order chi connectivity index (χ1) is 18.5. The van der Waals surface area contributed by atoms with Crippen LogP contribution in [0.15, 0.2) is 53.4 Å². The van der Waals surface area contributed by atoms with Crippen molar-refractivity contribution in [2.24, 2.45) is 0 Å². The van der Waals surface area contributed by atoms with Gasteiger partial charge in [0.2, 0.25) is 10.0 Å². The second kappa shape index (κ2) is 10.3. The van der Waals surface area contributed by atoms with Crippen LogP contribution < -0.4 is 14.4 Å². The predicted octanol–water partition coefficient (Wildman–Crippen LogP) is 0.859. The minimum absolute atomic E-state index is 0.0638. The minimum Gasteiger partial charge on any atom is -0.423 e. The summed E-state index contributed by atoms with van der Waals surface area (Å²) in [5.74, 6) is 0.578. The lowest BCUT2D eigenvalue weighted by Crippen LogP contribution is -2.44. The van der Waals surface area contributed by atoms with Crippen molar-refractivity contribution >= 4 is 15.7 Å². The number of hydrogen-bond acceptors (Lipinski definition) is 11. The van der Waals surface area contributed by atoms with E-state index >= 15 is 0 Å². The van der Waals surface area contributed by atoms with Crippen molar-refractivity contribution in [2.45, 2.75) is 29.2 Å². The van der Waals surface area contributed by atoms with Crippen LogP contribution in [0.1, 0.15) is 11.6 Å². The van der Waals surface area contributed by atoms with Crippen molar-refractivity contribution in [3.63, 3.8) is 0 Å². The fourth-order valence-electron chi connectivity index (χ4n) is 4.98. The number of hydrogen-bond donors (Lipinski definition) is 1. The molecule has 3 saturated heterocycles. The molecule has 3 aromatic rings. The molecule has 6 rings (SSSR count). The highest BCUT2D eigenvalue weighted by molar-refractivity contribution is 7.89. The number of aromatic nitrogens is 4. The van der Waals surface area contributed by atoms with Gasteiger partial charge in [-0.05, 0) is 34.7 Å². The Morgan fingerprint density at radius 2 is 1.87 bits per heavy atom. The van der Waals surface area contributed by atoms with E-state index in [1.54, 1.807) is 12.1 Å². The van der Waals surface area contributed by atoms with Gasteiger partial charge >= 0.3 is 6.01 Å². The van der Waals surface area contributed by atoms with Crippen LogP contribution in [0.3, 0.4) is 0 Å². The van der Waals surface area contributed by atoms with Gasteiger partial charge in [-0.2, -0.15) is 9.94 Å². The smallest absolute Gasteiger partial charge is 0.341 e. The fraction of sp³-hybridized carbons (Fsp3) is 0.417. The number of sulfonamides is 1. The van der Waals surface area contributed by atoms with Crippen molar-refractivity contribution in [3.05, 3.63) is 54.1 Å². The zero-order valence-corrected chi connectivity index (χ0v) is 21.0. The number of nitrogens with one attached hydrogen (secondary N) is 1. The molecular formula is C24H25N7O6S. The molecular weight excluding hydrogens is 514 g/mol. The zero-order valence-electron chi connectivity index (χ0n) is 20.2. The summed E-state index contributed by atoms with van der Waals surface area (Å²) in [6.07, 6.45) is -1.06. The summed E-state index contributed by atoms with van der Waals surface area (Å²) < 4.78 is 53.6. The first-order valence-corrected chi connectivity index (χ1v) is 13.6. The third kappa shape index (κ3) is 4.70. The third-order valence-corrected chi connectivity index (χ3v) is 8.36. The monoisotopic (exact) mass is 539 g/mol. The number of ether oxygens (including phenoxy) is 4. The Balaban J connectivity index is 1.16. The van der Waals surface area contributed by atoms with Gasteiger partial charge in [-0.1, -0.05) is 23.3 Å². The van der Waals surface area contributed by atoms with Crippen LogP contribution in [0.2, 0.25) is 0 Å². The highest BCUT2D eigenvalue weighted by Crippen LogP contribution is 2.37.